The molecule has 2 aliphatic rings. The van der Waals surface area contributed by atoms with Crippen LogP contribution in [0.15, 0.2) is 29.3 Å². The fourth-order valence-corrected chi connectivity index (χ4v) is 4.25. The minimum Gasteiger partial charge on any atom is -0.463 e. The predicted octanol–water partition coefficient (Wildman–Crippen LogP) is 1.20. The summed E-state index contributed by atoms with van der Waals surface area (Å²) in [5, 5.41) is 4.10. The molecule has 2 atom stereocenters. The summed E-state index contributed by atoms with van der Waals surface area (Å²) in [7, 11) is 1.55. The maximum atomic E-state index is 12.9. The summed E-state index contributed by atoms with van der Waals surface area (Å²) < 4.78 is 7.09. The van der Waals surface area contributed by atoms with Crippen LogP contribution in [0.4, 0.5) is 0 Å². The van der Waals surface area contributed by atoms with Crippen LogP contribution in [0.25, 0.3) is 0 Å². The molecular formula is C19H23N5O3. The van der Waals surface area contributed by atoms with Crippen molar-refractivity contribution in [3.8, 4) is 6.01 Å². The van der Waals surface area contributed by atoms with Crippen molar-refractivity contribution in [2.24, 2.45) is 18.4 Å². The van der Waals surface area contributed by atoms with Crippen LogP contribution in [0.3, 0.4) is 0 Å². The van der Waals surface area contributed by atoms with Crippen LogP contribution in [0.2, 0.25) is 0 Å². The largest absolute Gasteiger partial charge is 0.463 e. The topological polar surface area (TPSA) is 90.2 Å². The van der Waals surface area contributed by atoms with Crippen molar-refractivity contribution in [1.29, 1.82) is 0 Å². The fourth-order valence-electron chi connectivity index (χ4n) is 4.25. The van der Waals surface area contributed by atoms with Crippen LogP contribution in [0, 0.1) is 18.3 Å². The van der Waals surface area contributed by atoms with Crippen molar-refractivity contribution in [3.05, 3.63) is 46.1 Å². The van der Waals surface area contributed by atoms with Gasteiger partial charge in [-0.05, 0) is 37.3 Å². The van der Waals surface area contributed by atoms with Gasteiger partial charge in [-0.15, -0.1) is 0 Å². The van der Waals surface area contributed by atoms with Gasteiger partial charge >= 0.3 is 6.01 Å². The van der Waals surface area contributed by atoms with Gasteiger partial charge in [0, 0.05) is 44.0 Å². The molecular weight excluding hydrogens is 346 g/mol. The molecule has 0 bridgehead atoms. The van der Waals surface area contributed by atoms with Crippen LogP contribution in [-0.2, 0) is 7.05 Å². The van der Waals surface area contributed by atoms with Gasteiger partial charge in [-0.3, -0.25) is 9.59 Å². The molecule has 1 amide bonds. The molecule has 8 nitrogen and oxygen atoms in total. The SMILES string of the molecule is Cc1cnc(OCC23CCCC2CN(C(=O)c2ccc(=O)n(C)n2)C3)nc1. The van der Waals surface area contributed by atoms with Gasteiger partial charge in [0.05, 0.1) is 6.61 Å². The van der Waals surface area contributed by atoms with Crippen molar-refractivity contribution in [2.75, 3.05) is 19.7 Å². The zero-order valence-electron chi connectivity index (χ0n) is 15.6. The second-order valence-electron chi connectivity index (χ2n) is 7.65. The number of aromatic nitrogens is 4. The molecule has 1 aliphatic heterocycles. The smallest absolute Gasteiger partial charge is 0.316 e. The first kappa shape index (κ1) is 17.6. The van der Waals surface area contributed by atoms with Crippen LogP contribution in [0.5, 0.6) is 6.01 Å². The highest BCUT2D eigenvalue weighted by Crippen LogP contribution is 2.49. The quantitative estimate of drug-likeness (QED) is 0.804. The third kappa shape index (κ3) is 3.31. The maximum absolute atomic E-state index is 12.9. The second-order valence-corrected chi connectivity index (χ2v) is 7.65. The molecule has 4 rings (SSSR count). The zero-order chi connectivity index (χ0) is 19.0. The number of likely N-dealkylation sites (tertiary alicyclic amines) is 1. The van der Waals surface area contributed by atoms with Gasteiger partial charge in [-0.2, -0.15) is 5.10 Å². The van der Waals surface area contributed by atoms with E-state index in [1.165, 1.54) is 16.8 Å². The molecule has 142 valence electrons. The molecule has 0 radical (unpaired) electrons. The Kier molecular flexibility index (Phi) is 4.41. The van der Waals surface area contributed by atoms with Crippen molar-refractivity contribution in [1.82, 2.24) is 24.6 Å². The summed E-state index contributed by atoms with van der Waals surface area (Å²) >= 11 is 0. The van der Waals surface area contributed by atoms with Gasteiger partial charge in [0.15, 0.2) is 0 Å². The van der Waals surface area contributed by atoms with Gasteiger partial charge < -0.3 is 9.64 Å². The van der Waals surface area contributed by atoms with E-state index in [1.54, 1.807) is 19.4 Å². The highest BCUT2D eigenvalue weighted by atomic mass is 16.5. The number of hydrogen-bond acceptors (Lipinski definition) is 6. The maximum Gasteiger partial charge on any atom is 0.316 e. The molecule has 1 aliphatic carbocycles. The number of carbonyl (C=O) groups excluding carboxylic acids is 1. The Hall–Kier alpha value is -2.77. The molecule has 2 aromatic heterocycles. The molecule has 1 saturated heterocycles. The van der Waals surface area contributed by atoms with E-state index in [0.717, 1.165) is 24.8 Å². The van der Waals surface area contributed by atoms with Crippen LogP contribution in [-0.4, -0.2) is 50.3 Å². The third-order valence-electron chi connectivity index (χ3n) is 5.75. The Bertz CT molecular complexity index is 910. The van der Waals surface area contributed by atoms with E-state index in [-0.39, 0.29) is 16.9 Å². The first-order valence-electron chi connectivity index (χ1n) is 9.22. The Morgan fingerprint density at radius 1 is 1.33 bits per heavy atom. The molecule has 8 heteroatoms. The summed E-state index contributed by atoms with van der Waals surface area (Å²) in [6, 6.07) is 3.26. The predicted molar refractivity (Wildman–Crippen MR) is 97.4 cm³/mol. The highest BCUT2D eigenvalue weighted by molar-refractivity contribution is 5.92. The standard InChI is InChI=1S/C19H23N5O3/c1-13-8-20-18(21-9-13)27-12-19-7-3-4-14(19)10-24(11-19)17(26)15-5-6-16(25)23(2)22-15/h5-6,8-9,14H,3-4,7,10-12H2,1-2H3. The lowest BCUT2D eigenvalue weighted by atomic mass is 9.82. The zero-order valence-corrected chi connectivity index (χ0v) is 15.6. The molecule has 0 aromatic carbocycles. The third-order valence-corrected chi connectivity index (χ3v) is 5.75. The number of rotatable bonds is 4. The minimum absolute atomic E-state index is 0.0649. The van der Waals surface area contributed by atoms with E-state index < -0.39 is 0 Å². The van der Waals surface area contributed by atoms with E-state index in [4.69, 9.17) is 4.74 Å². The Balaban J connectivity index is 1.48. The van der Waals surface area contributed by atoms with Crippen molar-refractivity contribution in [2.45, 2.75) is 26.2 Å². The van der Waals surface area contributed by atoms with Crippen LogP contribution >= 0.6 is 0 Å². The number of ether oxygens (including phenoxy) is 1. The van der Waals surface area contributed by atoms with Crippen molar-refractivity contribution < 1.29 is 9.53 Å². The molecule has 0 spiro atoms. The van der Waals surface area contributed by atoms with Gasteiger partial charge in [-0.1, -0.05) is 6.42 Å². The van der Waals surface area contributed by atoms with Crippen molar-refractivity contribution in [3.63, 3.8) is 0 Å². The molecule has 2 aromatic rings. The van der Waals surface area contributed by atoms with E-state index in [1.807, 2.05) is 11.8 Å². The fraction of sp³-hybridized carbons (Fsp3) is 0.526. The lowest BCUT2D eigenvalue weighted by Crippen LogP contribution is -2.36. The number of nitrogens with zero attached hydrogens (tertiary/aromatic N) is 5. The van der Waals surface area contributed by atoms with Crippen LogP contribution in [0.1, 0.15) is 35.3 Å². The number of fused-ring (bicyclic) bond motifs is 1. The number of aryl methyl sites for hydroxylation is 2. The van der Waals surface area contributed by atoms with Crippen molar-refractivity contribution >= 4 is 5.91 Å². The summed E-state index contributed by atoms with van der Waals surface area (Å²) in [5.41, 5.74) is 0.995. The molecule has 27 heavy (non-hydrogen) atoms. The van der Waals surface area contributed by atoms with Crippen LogP contribution < -0.4 is 10.3 Å². The van der Waals surface area contributed by atoms with Gasteiger partial charge in [-0.25, -0.2) is 14.6 Å². The average Bonchev–Trinajstić information content (AvgIpc) is 3.20. The molecule has 2 unspecified atom stereocenters. The summed E-state index contributed by atoms with van der Waals surface area (Å²) in [6.45, 7) is 3.77. The Morgan fingerprint density at radius 2 is 2.11 bits per heavy atom. The molecule has 3 heterocycles. The molecule has 0 N–H and O–H groups in total. The highest BCUT2D eigenvalue weighted by Gasteiger charge is 2.51. The lowest BCUT2D eigenvalue weighted by Gasteiger charge is -2.28. The number of hydrogen-bond donors (Lipinski definition) is 0. The van der Waals surface area contributed by atoms with E-state index in [0.29, 0.717) is 37.3 Å². The lowest BCUT2D eigenvalue weighted by molar-refractivity contribution is 0.0734. The first-order valence-corrected chi connectivity index (χ1v) is 9.22. The Morgan fingerprint density at radius 3 is 2.85 bits per heavy atom. The van der Waals surface area contributed by atoms with Gasteiger partial charge in [0.2, 0.25) is 0 Å². The van der Waals surface area contributed by atoms with E-state index in [2.05, 4.69) is 15.1 Å². The normalized spacial score (nSPS) is 24.1. The summed E-state index contributed by atoms with van der Waals surface area (Å²) in [5.74, 6) is 0.269. The summed E-state index contributed by atoms with van der Waals surface area (Å²) in [6.07, 6.45) is 6.73. The monoisotopic (exact) mass is 369 g/mol. The molecule has 2 fully saturated rings. The first-order chi connectivity index (χ1) is 13.0. The van der Waals surface area contributed by atoms with Gasteiger partial charge in [0.1, 0.15) is 5.69 Å². The second kappa shape index (κ2) is 6.75. The van der Waals surface area contributed by atoms with Gasteiger partial charge in [0.25, 0.3) is 11.5 Å². The number of carbonyl (C=O) groups is 1. The number of amides is 1. The average molecular weight is 369 g/mol. The van der Waals surface area contributed by atoms with E-state index in [9.17, 15) is 9.59 Å². The molecule has 1 saturated carbocycles. The minimum atomic E-state index is -0.229. The Labute approximate surface area is 157 Å². The van der Waals surface area contributed by atoms with E-state index >= 15 is 0 Å². The summed E-state index contributed by atoms with van der Waals surface area (Å²) in [4.78, 5) is 34.7.